The zero-order valence-electron chi connectivity index (χ0n) is 10.4. The number of hydrogen-bond acceptors (Lipinski definition) is 3. The van der Waals surface area contributed by atoms with Gasteiger partial charge in [0, 0.05) is 29.5 Å². The summed E-state index contributed by atoms with van der Waals surface area (Å²) in [7, 11) is 0. The van der Waals surface area contributed by atoms with Crippen molar-refractivity contribution in [3.8, 4) is 5.75 Å². The van der Waals surface area contributed by atoms with Gasteiger partial charge in [0.1, 0.15) is 11.4 Å². The van der Waals surface area contributed by atoms with E-state index in [4.69, 9.17) is 11.6 Å². The number of benzene rings is 1. The molecule has 2 aromatic rings. The Morgan fingerprint density at radius 2 is 2.16 bits per heavy atom. The number of carbonyl (C=O) groups is 1. The number of phenolic OH excluding ortho intramolecular Hbond substituents is 1. The summed E-state index contributed by atoms with van der Waals surface area (Å²) in [6.07, 6.45) is 1.49. The predicted molar refractivity (Wildman–Crippen MR) is 74.7 cm³/mol. The van der Waals surface area contributed by atoms with Gasteiger partial charge in [-0.3, -0.25) is 9.78 Å². The van der Waals surface area contributed by atoms with Gasteiger partial charge in [-0.2, -0.15) is 0 Å². The molecule has 0 aliphatic carbocycles. The minimum atomic E-state index is -0.254. The van der Waals surface area contributed by atoms with Crippen molar-refractivity contribution >= 4 is 23.2 Å². The van der Waals surface area contributed by atoms with Crippen LogP contribution in [0.4, 0.5) is 5.69 Å². The predicted octanol–water partition coefficient (Wildman–Crippen LogP) is 3.11. The summed E-state index contributed by atoms with van der Waals surface area (Å²) < 4.78 is 0. The van der Waals surface area contributed by atoms with Crippen molar-refractivity contribution in [2.24, 2.45) is 0 Å². The van der Waals surface area contributed by atoms with Crippen LogP contribution in [-0.2, 0) is 0 Å². The Hall–Kier alpha value is -2.07. The standard InChI is InChI=1S/C14H13ClN2O2/c1-2-17(11-4-3-5-12(18)9-11)14(19)13-8-10(15)6-7-16-13/h3-9,18H,2H2,1H3. The molecule has 1 N–H and O–H groups in total. The minimum absolute atomic E-state index is 0.114. The van der Waals surface area contributed by atoms with E-state index in [0.717, 1.165) is 0 Å². The second kappa shape index (κ2) is 5.71. The summed E-state index contributed by atoms with van der Waals surface area (Å²) in [6, 6.07) is 9.67. The molecule has 0 bridgehead atoms. The van der Waals surface area contributed by atoms with Crippen molar-refractivity contribution in [2.75, 3.05) is 11.4 Å². The van der Waals surface area contributed by atoms with Crippen LogP contribution in [0.1, 0.15) is 17.4 Å². The van der Waals surface area contributed by atoms with Gasteiger partial charge in [0.15, 0.2) is 0 Å². The quantitative estimate of drug-likeness (QED) is 0.937. The SMILES string of the molecule is CCN(C(=O)c1cc(Cl)ccn1)c1cccc(O)c1. The van der Waals surface area contributed by atoms with Gasteiger partial charge in [-0.1, -0.05) is 17.7 Å². The highest BCUT2D eigenvalue weighted by Gasteiger charge is 2.17. The molecule has 4 nitrogen and oxygen atoms in total. The number of anilines is 1. The third-order valence-electron chi connectivity index (χ3n) is 2.64. The highest BCUT2D eigenvalue weighted by Crippen LogP contribution is 2.22. The number of amides is 1. The third kappa shape index (κ3) is 3.03. The second-order valence-corrected chi connectivity index (χ2v) is 4.36. The molecule has 1 amide bonds. The Morgan fingerprint density at radius 1 is 1.37 bits per heavy atom. The Bertz CT molecular complexity index is 602. The van der Waals surface area contributed by atoms with Gasteiger partial charge in [0.2, 0.25) is 0 Å². The normalized spacial score (nSPS) is 10.2. The number of hydrogen-bond donors (Lipinski definition) is 1. The number of halogens is 1. The lowest BCUT2D eigenvalue weighted by molar-refractivity contribution is 0.0983. The summed E-state index contributed by atoms with van der Waals surface area (Å²) >= 11 is 5.86. The van der Waals surface area contributed by atoms with Crippen LogP contribution in [0.5, 0.6) is 5.75 Å². The largest absolute Gasteiger partial charge is 0.508 e. The van der Waals surface area contributed by atoms with Crippen LogP contribution in [0.15, 0.2) is 42.6 Å². The topological polar surface area (TPSA) is 53.4 Å². The van der Waals surface area contributed by atoms with E-state index in [1.807, 2.05) is 6.92 Å². The fourth-order valence-corrected chi connectivity index (χ4v) is 1.92. The smallest absolute Gasteiger partial charge is 0.276 e. The van der Waals surface area contributed by atoms with Crippen molar-refractivity contribution in [3.05, 3.63) is 53.3 Å². The molecule has 1 aromatic carbocycles. The maximum atomic E-state index is 12.4. The number of aromatic hydroxyl groups is 1. The third-order valence-corrected chi connectivity index (χ3v) is 2.88. The number of carbonyl (C=O) groups excluding carboxylic acids is 1. The van der Waals surface area contributed by atoms with E-state index in [2.05, 4.69) is 4.98 Å². The van der Waals surface area contributed by atoms with Gasteiger partial charge in [0.25, 0.3) is 5.91 Å². The van der Waals surface area contributed by atoms with Crippen molar-refractivity contribution in [2.45, 2.75) is 6.92 Å². The first-order valence-corrected chi connectivity index (χ1v) is 6.22. The van der Waals surface area contributed by atoms with Gasteiger partial charge < -0.3 is 10.0 Å². The van der Waals surface area contributed by atoms with Crippen LogP contribution in [-0.4, -0.2) is 22.5 Å². The number of aromatic nitrogens is 1. The number of rotatable bonds is 3. The van der Waals surface area contributed by atoms with E-state index in [-0.39, 0.29) is 17.4 Å². The molecule has 0 fully saturated rings. The molecule has 0 atom stereocenters. The molecule has 0 saturated heterocycles. The Balaban J connectivity index is 2.34. The van der Waals surface area contributed by atoms with Crippen molar-refractivity contribution in [1.82, 2.24) is 4.98 Å². The molecule has 5 heteroatoms. The first-order chi connectivity index (χ1) is 9.11. The molecular weight excluding hydrogens is 264 g/mol. The Kier molecular flexibility index (Phi) is 4.02. The molecule has 1 aromatic heterocycles. The van der Waals surface area contributed by atoms with Crippen molar-refractivity contribution < 1.29 is 9.90 Å². The van der Waals surface area contributed by atoms with Crippen LogP contribution in [0.2, 0.25) is 5.02 Å². The van der Waals surface area contributed by atoms with E-state index >= 15 is 0 Å². The summed E-state index contributed by atoms with van der Waals surface area (Å²) in [5, 5.41) is 9.94. The van der Waals surface area contributed by atoms with Gasteiger partial charge in [0.05, 0.1) is 0 Å². The van der Waals surface area contributed by atoms with Gasteiger partial charge in [-0.15, -0.1) is 0 Å². The molecule has 0 aliphatic rings. The summed E-state index contributed by atoms with van der Waals surface area (Å²) in [4.78, 5) is 17.9. The first kappa shape index (κ1) is 13.4. The zero-order valence-corrected chi connectivity index (χ0v) is 11.1. The number of pyridine rings is 1. The molecule has 0 aliphatic heterocycles. The van der Waals surface area contributed by atoms with Gasteiger partial charge >= 0.3 is 0 Å². The Labute approximate surface area is 116 Å². The van der Waals surface area contributed by atoms with Crippen LogP contribution in [0.25, 0.3) is 0 Å². The second-order valence-electron chi connectivity index (χ2n) is 3.93. The molecule has 0 radical (unpaired) electrons. The summed E-state index contributed by atoms with van der Waals surface area (Å²) in [6.45, 7) is 2.32. The van der Waals surface area contributed by atoms with Crippen LogP contribution in [0, 0.1) is 0 Å². The molecule has 0 unspecified atom stereocenters. The molecule has 19 heavy (non-hydrogen) atoms. The lowest BCUT2D eigenvalue weighted by Crippen LogP contribution is -2.31. The molecular formula is C14H13ClN2O2. The number of nitrogens with zero attached hydrogens (tertiary/aromatic N) is 2. The van der Waals surface area contributed by atoms with Crippen LogP contribution >= 0.6 is 11.6 Å². The van der Waals surface area contributed by atoms with E-state index in [1.165, 1.54) is 23.2 Å². The van der Waals surface area contributed by atoms with E-state index < -0.39 is 0 Å². The molecule has 2 rings (SSSR count). The molecule has 98 valence electrons. The monoisotopic (exact) mass is 276 g/mol. The maximum Gasteiger partial charge on any atom is 0.276 e. The molecule has 0 spiro atoms. The van der Waals surface area contributed by atoms with E-state index in [0.29, 0.717) is 17.3 Å². The fourth-order valence-electron chi connectivity index (χ4n) is 1.76. The molecule has 0 saturated carbocycles. The summed E-state index contributed by atoms with van der Waals surface area (Å²) in [5.41, 5.74) is 0.895. The first-order valence-electron chi connectivity index (χ1n) is 5.84. The lowest BCUT2D eigenvalue weighted by atomic mass is 10.2. The lowest BCUT2D eigenvalue weighted by Gasteiger charge is -2.20. The number of phenols is 1. The Morgan fingerprint density at radius 3 is 2.79 bits per heavy atom. The van der Waals surface area contributed by atoms with E-state index in [1.54, 1.807) is 24.3 Å². The maximum absolute atomic E-state index is 12.4. The van der Waals surface area contributed by atoms with Gasteiger partial charge in [-0.05, 0) is 31.2 Å². The highest BCUT2D eigenvalue weighted by molar-refractivity contribution is 6.31. The fraction of sp³-hybridized carbons (Fsp3) is 0.143. The van der Waals surface area contributed by atoms with Crippen molar-refractivity contribution in [1.29, 1.82) is 0 Å². The van der Waals surface area contributed by atoms with Gasteiger partial charge in [-0.25, -0.2) is 0 Å². The average Bonchev–Trinajstić information content (AvgIpc) is 2.39. The average molecular weight is 277 g/mol. The van der Waals surface area contributed by atoms with Crippen molar-refractivity contribution in [3.63, 3.8) is 0 Å². The molecule has 1 heterocycles. The minimum Gasteiger partial charge on any atom is -0.508 e. The van der Waals surface area contributed by atoms with Crippen LogP contribution < -0.4 is 4.90 Å². The zero-order chi connectivity index (χ0) is 13.8. The summed E-state index contributed by atoms with van der Waals surface area (Å²) in [5.74, 6) is -0.140. The highest BCUT2D eigenvalue weighted by atomic mass is 35.5. The van der Waals surface area contributed by atoms with Crippen LogP contribution in [0.3, 0.4) is 0 Å². The van der Waals surface area contributed by atoms with E-state index in [9.17, 15) is 9.90 Å².